The van der Waals surface area contributed by atoms with Crippen LogP contribution in [0, 0.1) is 0 Å². The number of nitrogens with one attached hydrogen (secondary N) is 2. The maximum absolute atomic E-state index is 13.1. The third-order valence-corrected chi connectivity index (χ3v) is 4.76. The maximum atomic E-state index is 13.1. The minimum Gasteiger partial charge on any atom is -0.508 e. The lowest BCUT2D eigenvalue weighted by molar-refractivity contribution is 0.102. The molecule has 0 bridgehead atoms. The molecule has 0 atom stereocenters. The van der Waals surface area contributed by atoms with E-state index in [1.54, 1.807) is 0 Å². The zero-order valence-electron chi connectivity index (χ0n) is 21.5. The fourth-order valence-corrected chi connectivity index (χ4v) is 3.21. The second-order valence-electron chi connectivity index (χ2n) is 9.15. The first kappa shape index (κ1) is 15.8. The molecule has 3 N–H and O–H groups in total. The third kappa shape index (κ3) is 4.04. The van der Waals surface area contributed by atoms with Crippen molar-refractivity contribution in [3.8, 4) is 5.75 Å². The van der Waals surface area contributed by atoms with Gasteiger partial charge >= 0.3 is 0 Å². The number of hydrogen-bond acceptors (Lipinski definition) is 3. The van der Waals surface area contributed by atoms with Crippen molar-refractivity contribution in [1.29, 1.82) is 0 Å². The summed E-state index contributed by atoms with van der Waals surface area (Å²) in [6.45, 7) is 11.8. The third-order valence-electron chi connectivity index (χ3n) is 4.76. The summed E-state index contributed by atoms with van der Waals surface area (Å²) in [4.78, 5) is 28.8. The lowest BCUT2D eigenvalue weighted by Crippen LogP contribution is -2.25. The van der Waals surface area contributed by atoms with Crippen LogP contribution in [0.5, 0.6) is 5.75 Å². The van der Waals surface area contributed by atoms with Gasteiger partial charge in [-0.2, -0.15) is 0 Å². The van der Waals surface area contributed by atoms with Gasteiger partial charge < -0.3 is 15.4 Å². The number of H-pyrrole nitrogens is 1. The number of aromatic nitrogens is 1. The predicted octanol–water partition coefficient (Wildman–Crippen LogP) is 5.08. The summed E-state index contributed by atoms with van der Waals surface area (Å²) in [6.07, 6.45) is 1.14. The highest BCUT2D eigenvalue weighted by atomic mass is 16.3. The summed E-state index contributed by atoms with van der Waals surface area (Å²) in [5.41, 5.74) is -0.0237. The van der Waals surface area contributed by atoms with Gasteiger partial charge in [0.05, 0.1) is 5.48 Å². The highest BCUT2D eigenvalue weighted by Gasteiger charge is 2.26. The van der Waals surface area contributed by atoms with E-state index in [1.807, 2.05) is 47.6 Å². The number of hydrogen-bond donors (Lipinski definition) is 3. The summed E-state index contributed by atoms with van der Waals surface area (Å²) >= 11 is 0. The molecule has 1 heterocycles. The molecule has 0 spiro atoms. The average molecular weight is 397 g/mol. The Hall–Kier alpha value is -3.08. The van der Waals surface area contributed by atoms with E-state index in [0.717, 1.165) is 17.3 Å². The fourth-order valence-electron chi connectivity index (χ4n) is 3.21. The Balaban J connectivity index is 2.16. The van der Waals surface area contributed by atoms with Gasteiger partial charge in [-0.3, -0.25) is 9.59 Å². The Labute approximate surface area is 176 Å². The van der Waals surface area contributed by atoms with Gasteiger partial charge in [-0.25, -0.2) is 0 Å². The van der Waals surface area contributed by atoms with Crippen LogP contribution in [0.3, 0.4) is 0 Å². The standard InChI is InChI=1S/C24H28N2O3/c1-23(2,3)16-11-17(24(4,5)6)20(27)12-19(16)26-22(29)15-13-25-18-10-8-7-9-14(18)21(15)28/h7-13,27H,1-6H3,(H,25,28)(H,26,29)/i7D,8D,9D,10D. The van der Waals surface area contributed by atoms with Crippen molar-refractivity contribution in [2.75, 3.05) is 5.32 Å². The molecule has 29 heavy (non-hydrogen) atoms. The molecule has 0 radical (unpaired) electrons. The number of benzene rings is 2. The van der Waals surface area contributed by atoms with Crippen molar-refractivity contribution in [3.63, 3.8) is 0 Å². The Morgan fingerprint density at radius 3 is 2.28 bits per heavy atom. The van der Waals surface area contributed by atoms with E-state index in [1.165, 1.54) is 6.07 Å². The Kier molecular flexibility index (Phi) is 3.85. The zero-order valence-corrected chi connectivity index (χ0v) is 17.5. The van der Waals surface area contributed by atoms with Gasteiger partial charge in [-0.05, 0) is 40.1 Å². The fraction of sp³-hybridized carbons (Fsp3) is 0.333. The van der Waals surface area contributed by atoms with E-state index in [4.69, 9.17) is 5.48 Å². The Morgan fingerprint density at radius 2 is 1.66 bits per heavy atom. The number of carbonyl (C=O) groups excluding carboxylic acids is 1. The molecular formula is C24H28N2O3. The first-order valence-electron chi connectivity index (χ1n) is 11.4. The quantitative estimate of drug-likeness (QED) is 0.565. The topological polar surface area (TPSA) is 82.2 Å². The SMILES string of the molecule is [2H]c1c([2H])c([2H])c2c(=O)c(C(=O)Nc3cc(O)c(C(C)(C)C)cc3C(C)(C)C)c[nH]c2c1[2H]. The number of amides is 1. The summed E-state index contributed by atoms with van der Waals surface area (Å²) in [7, 11) is 0. The minimum absolute atomic E-state index is 0.0207. The molecule has 0 saturated heterocycles. The van der Waals surface area contributed by atoms with E-state index < -0.39 is 29.5 Å². The molecular weight excluding hydrogens is 364 g/mol. The van der Waals surface area contributed by atoms with Crippen LogP contribution in [0.1, 0.15) is 68.5 Å². The molecule has 0 fully saturated rings. The number of aromatic amines is 1. The molecule has 2 aromatic carbocycles. The highest BCUT2D eigenvalue weighted by molar-refractivity contribution is 6.06. The number of fused-ring (bicyclic) bond motifs is 1. The van der Waals surface area contributed by atoms with Crippen LogP contribution in [0.2, 0.25) is 0 Å². The number of phenols is 1. The lowest BCUT2D eigenvalue weighted by atomic mass is 9.79. The normalized spacial score (nSPS) is 14.1. The molecule has 0 unspecified atom stereocenters. The first-order valence-corrected chi connectivity index (χ1v) is 9.36. The summed E-state index contributed by atoms with van der Waals surface area (Å²) in [6, 6.07) is 1.42. The van der Waals surface area contributed by atoms with Gasteiger partial charge in [-0.15, -0.1) is 0 Å². The van der Waals surface area contributed by atoms with Gasteiger partial charge in [0.1, 0.15) is 11.3 Å². The van der Waals surface area contributed by atoms with Crippen molar-refractivity contribution >= 4 is 22.5 Å². The maximum Gasteiger partial charge on any atom is 0.261 e. The monoisotopic (exact) mass is 396 g/mol. The van der Waals surface area contributed by atoms with Crippen LogP contribution in [-0.2, 0) is 10.8 Å². The largest absolute Gasteiger partial charge is 0.508 e. The van der Waals surface area contributed by atoms with Gasteiger partial charge in [0.15, 0.2) is 0 Å². The van der Waals surface area contributed by atoms with Crippen LogP contribution in [-0.4, -0.2) is 16.0 Å². The van der Waals surface area contributed by atoms with Gasteiger partial charge in [-0.1, -0.05) is 53.6 Å². The molecule has 0 aliphatic rings. The number of phenolic OH excluding ortho intramolecular Hbond substituents is 1. The average Bonchev–Trinajstić information content (AvgIpc) is 2.68. The van der Waals surface area contributed by atoms with E-state index in [9.17, 15) is 14.7 Å². The van der Waals surface area contributed by atoms with Crippen molar-refractivity contribution in [3.05, 3.63) is 69.4 Å². The van der Waals surface area contributed by atoms with Crippen LogP contribution in [0.15, 0.2) is 47.3 Å². The first-order chi connectivity index (χ1) is 15.1. The smallest absolute Gasteiger partial charge is 0.261 e. The molecule has 1 amide bonds. The number of pyridine rings is 1. The molecule has 5 nitrogen and oxygen atoms in total. The van der Waals surface area contributed by atoms with Crippen LogP contribution >= 0.6 is 0 Å². The number of rotatable bonds is 2. The lowest BCUT2D eigenvalue weighted by Gasteiger charge is -2.28. The second kappa shape index (κ2) is 7.07. The molecule has 3 aromatic rings. The number of para-hydroxylation sites is 1. The minimum atomic E-state index is -0.805. The van der Waals surface area contributed by atoms with E-state index in [-0.39, 0.29) is 39.1 Å². The Bertz CT molecular complexity index is 1350. The molecule has 1 aromatic heterocycles. The summed E-state index contributed by atoms with van der Waals surface area (Å²) in [5, 5.41) is 13.0. The molecule has 0 saturated carbocycles. The molecule has 0 aliphatic carbocycles. The van der Waals surface area contributed by atoms with Crippen LogP contribution in [0.25, 0.3) is 10.9 Å². The number of carbonyl (C=O) groups is 1. The predicted molar refractivity (Wildman–Crippen MR) is 118 cm³/mol. The summed E-state index contributed by atoms with van der Waals surface area (Å²) < 4.78 is 31.7. The van der Waals surface area contributed by atoms with E-state index in [0.29, 0.717) is 5.69 Å². The number of aromatic hydroxyl groups is 1. The van der Waals surface area contributed by atoms with Crippen molar-refractivity contribution < 1.29 is 15.4 Å². The van der Waals surface area contributed by atoms with Crippen molar-refractivity contribution in [2.45, 2.75) is 52.4 Å². The molecule has 152 valence electrons. The van der Waals surface area contributed by atoms with Crippen LogP contribution in [0.4, 0.5) is 5.69 Å². The Morgan fingerprint density at radius 1 is 1.03 bits per heavy atom. The summed E-state index contributed by atoms with van der Waals surface area (Å²) in [5.74, 6) is -0.730. The van der Waals surface area contributed by atoms with E-state index in [2.05, 4.69) is 10.3 Å². The molecule has 3 rings (SSSR count). The molecule has 0 aliphatic heterocycles. The number of anilines is 1. The molecule has 5 heteroatoms. The zero-order chi connectivity index (χ0) is 25.0. The highest BCUT2D eigenvalue weighted by Crippen LogP contribution is 2.39. The van der Waals surface area contributed by atoms with E-state index >= 15 is 0 Å². The van der Waals surface area contributed by atoms with Gasteiger partial charge in [0, 0.05) is 28.9 Å². The van der Waals surface area contributed by atoms with Crippen LogP contribution < -0.4 is 10.7 Å². The van der Waals surface area contributed by atoms with Crippen molar-refractivity contribution in [2.24, 2.45) is 0 Å². The van der Waals surface area contributed by atoms with Crippen molar-refractivity contribution in [1.82, 2.24) is 4.98 Å². The van der Waals surface area contributed by atoms with Gasteiger partial charge in [0.25, 0.3) is 5.91 Å². The van der Waals surface area contributed by atoms with Gasteiger partial charge in [0.2, 0.25) is 5.43 Å². The second-order valence-corrected chi connectivity index (χ2v) is 9.15.